The molecule has 1 aromatic carbocycles. The third kappa shape index (κ3) is 3.01. The minimum Gasteiger partial charge on any atom is -0.486 e. The van der Waals surface area contributed by atoms with Crippen molar-refractivity contribution in [1.29, 1.82) is 0 Å². The Hall–Kier alpha value is -1.46. The second kappa shape index (κ2) is 5.97. The molecule has 120 valence electrons. The molecule has 1 fully saturated rings. The van der Waals surface area contributed by atoms with Gasteiger partial charge in [-0.15, -0.1) is 0 Å². The Balaban J connectivity index is 1.71. The van der Waals surface area contributed by atoms with Crippen LogP contribution in [-0.4, -0.2) is 43.7 Å². The van der Waals surface area contributed by atoms with E-state index >= 15 is 0 Å². The fraction of sp³-hybridized carbons (Fsp3) is 0.562. The zero-order valence-corrected chi connectivity index (χ0v) is 13.5. The summed E-state index contributed by atoms with van der Waals surface area (Å²) < 4.78 is 11.0. The highest BCUT2D eigenvalue weighted by molar-refractivity contribution is 6.32. The highest BCUT2D eigenvalue weighted by atomic mass is 35.5. The molecule has 0 spiro atoms. The average Bonchev–Trinajstić information content (AvgIpc) is 2.91. The number of hydrogen-bond acceptors (Lipinski definition) is 4. The molecule has 1 amide bonds. The van der Waals surface area contributed by atoms with Gasteiger partial charge in [0, 0.05) is 13.1 Å². The lowest BCUT2D eigenvalue weighted by molar-refractivity contribution is -0.129. The van der Waals surface area contributed by atoms with Crippen molar-refractivity contribution in [2.75, 3.05) is 32.8 Å². The van der Waals surface area contributed by atoms with Gasteiger partial charge in [-0.2, -0.15) is 0 Å². The minimum absolute atomic E-state index is 0.0418. The monoisotopic (exact) mass is 324 g/mol. The van der Waals surface area contributed by atoms with Crippen molar-refractivity contribution in [2.45, 2.75) is 19.8 Å². The van der Waals surface area contributed by atoms with Gasteiger partial charge in [-0.1, -0.05) is 18.5 Å². The second-order valence-corrected chi connectivity index (χ2v) is 6.77. The SMILES string of the molecule is CC1(CN)CCN(C(=O)Cc2cc(Cl)c3c(c2)OCCO3)C1. The minimum atomic E-state index is 0.0418. The van der Waals surface area contributed by atoms with E-state index in [2.05, 4.69) is 6.92 Å². The molecular weight excluding hydrogens is 304 g/mol. The van der Waals surface area contributed by atoms with Crippen LogP contribution in [0.1, 0.15) is 18.9 Å². The lowest BCUT2D eigenvalue weighted by atomic mass is 9.90. The van der Waals surface area contributed by atoms with Gasteiger partial charge in [0.15, 0.2) is 11.5 Å². The highest BCUT2D eigenvalue weighted by Gasteiger charge is 2.34. The number of fused-ring (bicyclic) bond motifs is 1. The summed E-state index contributed by atoms with van der Waals surface area (Å²) in [4.78, 5) is 14.4. The molecule has 22 heavy (non-hydrogen) atoms. The maximum Gasteiger partial charge on any atom is 0.227 e. The van der Waals surface area contributed by atoms with Crippen LogP contribution in [0, 0.1) is 5.41 Å². The summed E-state index contributed by atoms with van der Waals surface area (Å²) in [6.07, 6.45) is 1.27. The number of ether oxygens (including phenoxy) is 2. The van der Waals surface area contributed by atoms with E-state index < -0.39 is 0 Å². The zero-order chi connectivity index (χ0) is 15.7. The van der Waals surface area contributed by atoms with E-state index in [-0.39, 0.29) is 11.3 Å². The van der Waals surface area contributed by atoms with E-state index in [0.717, 1.165) is 25.1 Å². The van der Waals surface area contributed by atoms with Gasteiger partial charge < -0.3 is 20.1 Å². The summed E-state index contributed by atoms with van der Waals surface area (Å²) in [7, 11) is 0. The van der Waals surface area contributed by atoms with Crippen LogP contribution in [0.3, 0.4) is 0 Å². The zero-order valence-electron chi connectivity index (χ0n) is 12.7. The van der Waals surface area contributed by atoms with Crippen molar-refractivity contribution < 1.29 is 14.3 Å². The van der Waals surface area contributed by atoms with Crippen molar-refractivity contribution in [2.24, 2.45) is 11.1 Å². The van der Waals surface area contributed by atoms with Crippen molar-refractivity contribution in [3.05, 3.63) is 22.7 Å². The molecule has 0 aliphatic carbocycles. The molecule has 0 aromatic heterocycles. The van der Waals surface area contributed by atoms with Crippen LogP contribution in [0.15, 0.2) is 12.1 Å². The Bertz CT molecular complexity index is 593. The molecule has 2 aliphatic rings. The Morgan fingerprint density at radius 2 is 2.18 bits per heavy atom. The number of hydrogen-bond donors (Lipinski definition) is 1. The maximum absolute atomic E-state index is 12.5. The first-order valence-electron chi connectivity index (χ1n) is 7.57. The van der Waals surface area contributed by atoms with Crippen molar-refractivity contribution in [3.63, 3.8) is 0 Å². The quantitative estimate of drug-likeness (QED) is 0.921. The number of rotatable bonds is 3. The molecule has 1 atom stereocenters. The summed E-state index contributed by atoms with van der Waals surface area (Å²) in [6, 6.07) is 3.63. The summed E-state index contributed by atoms with van der Waals surface area (Å²) >= 11 is 6.21. The highest BCUT2D eigenvalue weighted by Crippen LogP contribution is 2.38. The predicted octanol–water partition coefficient (Wildman–Crippen LogP) is 1.85. The van der Waals surface area contributed by atoms with E-state index in [1.165, 1.54) is 0 Å². The molecule has 5 nitrogen and oxygen atoms in total. The van der Waals surface area contributed by atoms with E-state index in [1.54, 1.807) is 6.07 Å². The molecule has 2 N–H and O–H groups in total. The summed E-state index contributed by atoms with van der Waals surface area (Å²) in [6.45, 7) is 5.22. The van der Waals surface area contributed by atoms with Crippen LogP contribution in [0.2, 0.25) is 5.02 Å². The smallest absolute Gasteiger partial charge is 0.227 e. The number of amides is 1. The molecular formula is C16H21ClN2O3. The topological polar surface area (TPSA) is 64.8 Å². The fourth-order valence-corrected chi connectivity index (χ4v) is 3.24. The molecule has 6 heteroatoms. The summed E-state index contributed by atoms with van der Waals surface area (Å²) in [5.74, 6) is 1.29. The number of nitrogens with two attached hydrogens (primary N) is 1. The van der Waals surface area contributed by atoms with E-state index in [0.29, 0.717) is 42.7 Å². The molecule has 1 unspecified atom stereocenters. The average molecular weight is 325 g/mol. The van der Waals surface area contributed by atoms with Crippen molar-refractivity contribution >= 4 is 17.5 Å². The molecule has 0 radical (unpaired) electrons. The number of nitrogens with zero attached hydrogens (tertiary/aromatic N) is 1. The number of likely N-dealkylation sites (tertiary alicyclic amines) is 1. The first-order valence-corrected chi connectivity index (χ1v) is 7.94. The lowest BCUT2D eigenvalue weighted by Crippen LogP contribution is -2.35. The lowest BCUT2D eigenvalue weighted by Gasteiger charge is -2.23. The Labute approximate surface area is 135 Å². The van der Waals surface area contributed by atoms with Gasteiger partial charge in [0.1, 0.15) is 13.2 Å². The van der Waals surface area contributed by atoms with Crippen LogP contribution < -0.4 is 15.2 Å². The van der Waals surface area contributed by atoms with Crippen LogP contribution >= 0.6 is 11.6 Å². The van der Waals surface area contributed by atoms with Crippen LogP contribution in [0.5, 0.6) is 11.5 Å². The molecule has 1 saturated heterocycles. The largest absolute Gasteiger partial charge is 0.486 e. The van der Waals surface area contributed by atoms with Crippen LogP contribution in [0.4, 0.5) is 0 Å². The van der Waals surface area contributed by atoms with Crippen molar-refractivity contribution in [3.8, 4) is 11.5 Å². The van der Waals surface area contributed by atoms with Gasteiger partial charge in [0.2, 0.25) is 5.91 Å². The third-order valence-electron chi connectivity index (χ3n) is 4.42. The third-order valence-corrected chi connectivity index (χ3v) is 4.70. The Morgan fingerprint density at radius 1 is 1.41 bits per heavy atom. The first-order chi connectivity index (χ1) is 10.5. The predicted molar refractivity (Wildman–Crippen MR) is 84.5 cm³/mol. The van der Waals surface area contributed by atoms with Crippen LogP contribution in [0.25, 0.3) is 0 Å². The van der Waals surface area contributed by atoms with E-state index in [1.807, 2.05) is 11.0 Å². The normalized spacial score (nSPS) is 23.7. The number of benzene rings is 1. The molecule has 0 saturated carbocycles. The second-order valence-electron chi connectivity index (χ2n) is 6.36. The van der Waals surface area contributed by atoms with E-state index in [4.69, 9.17) is 26.8 Å². The number of halogens is 1. The standard InChI is InChI=1S/C16H21ClN2O3/c1-16(9-18)2-3-19(10-16)14(20)8-11-6-12(17)15-13(7-11)21-4-5-22-15/h6-7H,2-5,8-10,18H2,1H3. The molecule has 2 heterocycles. The van der Waals surface area contributed by atoms with Gasteiger partial charge in [0.05, 0.1) is 11.4 Å². The number of carbonyl (C=O) groups excluding carboxylic acids is 1. The summed E-state index contributed by atoms with van der Waals surface area (Å²) in [5, 5.41) is 0.494. The molecule has 1 aromatic rings. The first kappa shape index (κ1) is 15.4. The summed E-state index contributed by atoms with van der Waals surface area (Å²) in [5.41, 5.74) is 6.68. The van der Waals surface area contributed by atoms with Crippen molar-refractivity contribution in [1.82, 2.24) is 4.90 Å². The Kier molecular flexibility index (Phi) is 4.19. The molecule has 3 rings (SSSR count). The van der Waals surface area contributed by atoms with Gasteiger partial charge in [0.25, 0.3) is 0 Å². The van der Waals surface area contributed by atoms with Gasteiger partial charge in [-0.25, -0.2) is 0 Å². The van der Waals surface area contributed by atoms with Gasteiger partial charge in [-0.3, -0.25) is 4.79 Å². The molecule has 0 bridgehead atoms. The van der Waals surface area contributed by atoms with Gasteiger partial charge in [-0.05, 0) is 36.1 Å². The maximum atomic E-state index is 12.5. The Morgan fingerprint density at radius 3 is 2.91 bits per heavy atom. The van der Waals surface area contributed by atoms with E-state index in [9.17, 15) is 4.79 Å². The van der Waals surface area contributed by atoms with Gasteiger partial charge >= 0.3 is 0 Å². The van der Waals surface area contributed by atoms with Crippen LogP contribution in [-0.2, 0) is 11.2 Å². The fourth-order valence-electron chi connectivity index (χ4n) is 2.96. The number of carbonyl (C=O) groups is 1. The molecule has 2 aliphatic heterocycles.